The number of hydrogen-bond donors (Lipinski definition) is 1. The average Bonchev–Trinajstić information content (AvgIpc) is 3.59. The zero-order valence-corrected chi connectivity index (χ0v) is 17.4. The summed E-state index contributed by atoms with van der Waals surface area (Å²) in [6, 6.07) is 0. The Morgan fingerprint density at radius 1 is 1.17 bits per heavy atom. The molecule has 1 aromatic rings. The van der Waals surface area contributed by atoms with Crippen LogP contribution >= 0.6 is 0 Å². The van der Waals surface area contributed by atoms with Crippen molar-refractivity contribution in [1.82, 2.24) is 30.0 Å². The van der Waals surface area contributed by atoms with Crippen LogP contribution in [0.4, 0.5) is 0 Å². The van der Waals surface area contributed by atoms with E-state index in [2.05, 4.69) is 32.0 Å². The molecule has 8 heteroatoms. The summed E-state index contributed by atoms with van der Waals surface area (Å²) >= 11 is 0. The predicted molar refractivity (Wildman–Crippen MR) is 110 cm³/mol. The maximum atomic E-state index is 12.9. The van der Waals surface area contributed by atoms with Gasteiger partial charge in [0.25, 0.3) is 5.91 Å². The third-order valence-corrected chi connectivity index (χ3v) is 6.18. The minimum absolute atomic E-state index is 0.0930. The van der Waals surface area contributed by atoms with Crippen molar-refractivity contribution in [3.05, 3.63) is 23.3 Å². The molecular weight excluding hydrogens is 368 g/mol. The molecule has 1 saturated carbocycles. The molecule has 0 atom stereocenters. The predicted octanol–water partition coefficient (Wildman–Crippen LogP) is 0.496. The maximum Gasteiger partial charge on any atom is 0.257 e. The Morgan fingerprint density at radius 3 is 2.66 bits per heavy atom. The number of carbonyl (C=O) groups is 2. The third kappa shape index (κ3) is 5.11. The normalized spacial score (nSPS) is 21.0. The summed E-state index contributed by atoms with van der Waals surface area (Å²) in [5, 5.41) is 2.98. The number of carbonyl (C=O) groups excluding carboxylic acids is 2. The van der Waals surface area contributed by atoms with Crippen molar-refractivity contribution in [2.45, 2.75) is 38.5 Å². The molecule has 158 valence electrons. The van der Waals surface area contributed by atoms with Crippen LogP contribution in [-0.4, -0.2) is 95.4 Å². The van der Waals surface area contributed by atoms with Gasteiger partial charge in [0.15, 0.2) is 0 Å². The monoisotopic (exact) mass is 400 g/mol. The summed E-state index contributed by atoms with van der Waals surface area (Å²) in [6.07, 6.45) is 5.56. The van der Waals surface area contributed by atoms with Gasteiger partial charge in [0, 0.05) is 57.9 Å². The van der Waals surface area contributed by atoms with Gasteiger partial charge in [0.1, 0.15) is 5.82 Å². The van der Waals surface area contributed by atoms with Gasteiger partial charge in [-0.15, -0.1) is 0 Å². The Bertz CT molecular complexity index is 743. The van der Waals surface area contributed by atoms with E-state index in [-0.39, 0.29) is 18.4 Å². The van der Waals surface area contributed by atoms with E-state index in [1.165, 1.54) is 0 Å². The lowest BCUT2D eigenvalue weighted by molar-refractivity contribution is -0.121. The van der Waals surface area contributed by atoms with E-state index in [1.54, 1.807) is 11.1 Å². The molecule has 2 fully saturated rings. The average molecular weight is 401 g/mol. The number of likely N-dealkylation sites (N-methyl/N-ethyl adjacent to an activating group) is 1. The molecule has 3 aliphatic rings. The molecule has 1 saturated heterocycles. The van der Waals surface area contributed by atoms with Gasteiger partial charge in [-0.05, 0) is 32.2 Å². The second-order valence-corrected chi connectivity index (χ2v) is 8.32. The van der Waals surface area contributed by atoms with E-state index in [0.717, 1.165) is 76.5 Å². The SMILES string of the molecule is CCN1CCN(CCNC(=O)CN2CCCc3nc(C4CC4)ncc3C2=O)CC1. The van der Waals surface area contributed by atoms with Crippen LogP contribution in [-0.2, 0) is 11.2 Å². The van der Waals surface area contributed by atoms with Crippen LogP contribution < -0.4 is 5.32 Å². The molecule has 4 rings (SSSR count). The van der Waals surface area contributed by atoms with Gasteiger partial charge in [-0.1, -0.05) is 6.92 Å². The Morgan fingerprint density at radius 2 is 1.93 bits per heavy atom. The molecule has 2 aliphatic heterocycles. The van der Waals surface area contributed by atoms with E-state index >= 15 is 0 Å². The smallest absolute Gasteiger partial charge is 0.257 e. The Kier molecular flexibility index (Phi) is 6.40. The molecule has 0 spiro atoms. The topological polar surface area (TPSA) is 81.7 Å². The summed E-state index contributed by atoms with van der Waals surface area (Å²) in [5.41, 5.74) is 1.41. The number of nitrogens with zero attached hydrogens (tertiary/aromatic N) is 5. The highest BCUT2D eigenvalue weighted by Gasteiger charge is 2.30. The summed E-state index contributed by atoms with van der Waals surface area (Å²) in [5.74, 6) is 1.14. The lowest BCUT2D eigenvalue weighted by atomic mass is 10.1. The number of nitrogens with one attached hydrogen (secondary N) is 1. The van der Waals surface area contributed by atoms with E-state index in [1.807, 2.05) is 0 Å². The van der Waals surface area contributed by atoms with Gasteiger partial charge in [0.2, 0.25) is 5.91 Å². The summed E-state index contributed by atoms with van der Waals surface area (Å²) in [4.78, 5) is 40.8. The first kappa shape index (κ1) is 20.2. The second-order valence-electron chi connectivity index (χ2n) is 8.32. The van der Waals surface area contributed by atoms with Crippen LogP contribution in [0.25, 0.3) is 0 Å². The number of rotatable bonds is 7. The highest BCUT2D eigenvalue weighted by molar-refractivity contribution is 5.97. The molecule has 1 N–H and O–H groups in total. The van der Waals surface area contributed by atoms with E-state index in [0.29, 0.717) is 24.6 Å². The first-order chi connectivity index (χ1) is 14.1. The number of aryl methyl sites for hydroxylation is 1. The van der Waals surface area contributed by atoms with Crippen molar-refractivity contribution in [2.24, 2.45) is 0 Å². The molecule has 1 aromatic heterocycles. The fourth-order valence-corrected chi connectivity index (χ4v) is 4.11. The van der Waals surface area contributed by atoms with Crippen LogP contribution in [0.5, 0.6) is 0 Å². The zero-order valence-electron chi connectivity index (χ0n) is 17.4. The van der Waals surface area contributed by atoms with Gasteiger partial charge >= 0.3 is 0 Å². The summed E-state index contributed by atoms with van der Waals surface area (Å²) < 4.78 is 0. The van der Waals surface area contributed by atoms with Crippen LogP contribution in [0.15, 0.2) is 6.20 Å². The van der Waals surface area contributed by atoms with Crippen molar-refractivity contribution in [3.8, 4) is 0 Å². The number of amides is 2. The van der Waals surface area contributed by atoms with E-state index in [9.17, 15) is 9.59 Å². The Labute approximate surface area is 172 Å². The Balaban J connectivity index is 1.25. The fraction of sp³-hybridized carbons (Fsp3) is 0.714. The van der Waals surface area contributed by atoms with Crippen molar-refractivity contribution < 1.29 is 9.59 Å². The molecule has 3 heterocycles. The minimum atomic E-state index is -0.120. The first-order valence-electron chi connectivity index (χ1n) is 11.0. The summed E-state index contributed by atoms with van der Waals surface area (Å²) in [7, 11) is 0. The fourth-order valence-electron chi connectivity index (χ4n) is 4.11. The molecule has 0 unspecified atom stereocenters. The molecule has 2 amide bonds. The van der Waals surface area contributed by atoms with Crippen LogP contribution in [0.3, 0.4) is 0 Å². The standard InChI is InChI=1S/C21H32N6O2/c1-2-25-10-12-26(13-11-25)9-7-22-19(28)15-27-8-3-4-18-17(21(27)29)14-23-20(24-18)16-5-6-16/h14,16H,2-13,15H2,1H3,(H,22,28). The second kappa shape index (κ2) is 9.17. The van der Waals surface area contributed by atoms with Crippen LogP contribution in [0.2, 0.25) is 0 Å². The highest BCUT2D eigenvalue weighted by atomic mass is 16.2. The number of fused-ring (bicyclic) bond motifs is 1. The molecule has 8 nitrogen and oxygen atoms in total. The molecule has 29 heavy (non-hydrogen) atoms. The first-order valence-corrected chi connectivity index (χ1v) is 11.0. The number of aromatic nitrogens is 2. The van der Waals surface area contributed by atoms with Gasteiger partial charge < -0.3 is 15.1 Å². The third-order valence-electron chi connectivity index (χ3n) is 6.18. The lowest BCUT2D eigenvalue weighted by Gasteiger charge is -2.34. The molecule has 0 aromatic carbocycles. The maximum absolute atomic E-state index is 12.9. The van der Waals surface area contributed by atoms with Gasteiger partial charge in [-0.2, -0.15) is 0 Å². The largest absolute Gasteiger partial charge is 0.353 e. The van der Waals surface area contributed by atoms with Crippen LogP contribution in [0.1, 0.15) is 54.0 Å². The number of piperazine rings is 1. The van der Waals surface area contributed by atoms with Crippen molar-refractivity contribution in [2.75, 3.05) is 58.9 Å². The zero-order chi connectivity index (χ0) is 20.2. The molecular formula is C21H32N6O2. The molecule has 1 aliphatic carbocycles. The highest BCUT2D eigenvalue weighted by Crippen LogP contribution is 2.38. The minimum Gasteiger partial charge on any atom is -0.353 e. The van der Waals surface area contributed by atoms with Crippen molar-refractivity contribution in [1.29, 1.82) is 0 Å². The van der Waals surface area contributed by atoms with Gasteiger partial charge in [-0.3, -0.25) is 14.5 Å². The Hall–Kier alpha value is -2.06. The number of hydrogen-bond acceptors (Lipinski definition) is 6. The van der Waals surface area contributed by atoms with E-state index in [4.69, 9.17) is 0 Å². The quantitative estimate of drug-likeness (QED) is 0.718. The van der Waals surface area contributed by atoms with Gasteiger partial charge in [0.05, 0.1) is 17.8 Å². The van der Waals surface area contributed by atoms with Crippen molar-refractivity contribution in [3.63, 3.8) is 0 Å². The van der Waals surface area contributed by atoms with E-state index < -0.39 is 0 Å². The van der Waals surface area contributed by atoms with Gasteiger partial charge in [-0.25, -0.2) is 9.97 Å². The molecule has 0 radical (unpaired) electrons. The molecule has 0 bridgehead atoms. The van der Waals surface area contributed by atoms with Crippen LogP contribution in [0, 0.1) is 0 Å². The van der Waals surface area contributed by atoms with Crippen molar-refractivity contribution >= 4 is 11.8 Å². The lowest BCUT2D eigenvalue weighted by Crippen LogP contribution is -2.49. The summed E-state index contributed by atoms with van der Waals surface area (Å²) in [6.45, 7) is 9.75.